The summed E-state index contributed by atoms with van der Waals surface area (Å²) in [5.74, 6) is 1.39. The number of fused-ring (bicyclic) bond motifs is 1. The fourth-order valence-electron chi connectivity index (χ4n) is 2.99. The summed E-state index contributed by atoms with van der Waals surface area (Å²) in [6, 6.07) is 11.8. The molecular weight excluding hydrogens is 352 g/mol. The van der Waals surface area contributed by atoms with Crippen molar-refractivity contribution >= 4 is 22.7 Å². The molecule has 0 saturated carbocycles. The first-order chi connectivity index (χ1) is 13.7. The summed E-state index contributed by atoms with van der Waals surface area (Å²) < 4.78 is 5.71. The molecule has 7 nitrogen and oxygen atoms in total. The lowest BCUT2D eigenvalue weighted by Gasteiger charge is -2.11. The monoisotopic (exact) mass is 374 g/mol. The van der Waals surface area contributed by atoms with Crippen LogP contribution in [-0.4, -0.2) is 40.1 Å². The number of hydrogen-bond donors (Lipinski definition) is 3. The second-order valence-electron chi connectivity index (χ2n) is 6.42. The highest BCUT2D eigenvalue weighted by Gasteiger charge is 2.10. The van der Waals surface area contributed by atoms with E-state index in [4.69, 9.17) is 4.74 Å². The maximum Gasteiger partial charge on any atom is 0.227 e. The highest BCUT2D eigenvalue weighted by atomic mass is 16.5. The van der Waals surface area contributed by atoms with Gasteiger partial charge in [0.1, 0.15) is 18.0 Å². The van der Waals surface area contributed by atoms with E-state index in [0.29, 0.717) is 12.6 Å². The van der Waals surface area contributed by atoms with Crippen LogP contribution in [0.5, 0.6) is 5.75 Å². The third kappa shape index (κ3) is 3.79. The number of aromatic amines is 1. The Morgan fingerprint density at radius 1 is 1.11 bits per heavy atom. The molecule has 3 N–H and O–H groups in total. The van der Waals surface area contributed by atoms with E-state index in [1.165, 1.54) is 0 Å². The summed E-state index contributed by atoms with van der Waals surface area (Å²) in [7, 11) is 1.91. The standard InChI is InChI=1S/C21H22N6O/c1-14-12-15(28-11-10-22-2)5-6-18(14)26-21-24-9-7-19(27-21)17-13-25-20-16(17)4-3-8-23-20/h3-9,12-13,22H,10-11H2,1-2H3,(H,23,25)(H,24,26,27). The number of aryl methyl sites for hydroxylation is 1. The van der Waals surface area contributed by atoms with Crippen molar-refractivity contribution in [3.63, 3.8) is 0 Å². The van der Waals surface area contributed by atoms with Gasteiger partial charge < -0.3 is 20.4 Å². The predicted octanol–water partition coefficient (Wildman–Crippen LogP) is 3.67. The minimum Gasteiger partial charge on any atom is -0.492 e. The molecule has 0 radical (unpaired) electrons. The quantitative estimate of drug-likeness (QED) is 0.428. The Hall–Kier alpha value is -3.45. The number of likely N-dealkylation sites (N-methyl/N-ethyl adjacent to an activating group) is 1. The molecule has 0 spiro atoms. The molecule has 28 heavy (non-hydrogen) atoms. The lowest BCUT2D eigenvalue weighted by Crippen LogP contribution is -2.15. The molecule has 0 atom stereocenters. The molecule has 0 unspecified atom stereocenters. The summed E-state index contributed by atoms with van der Waals surface area (Å²) in [5, 5.41) is 7.40. The van der Waals surface area contributed by atoms with Crippen LogP contribution >= 0.6 is 0 Å². The first-order valence-electron chi connectivity index (χ1n) is 9.15. The van der Waals surface area contributed by atoms with Gasteiger partial charge in [-0.3, -0.25) is 0 Å². The second kappa shape index (κ2) is 8.06. The number of hydrogen-bond acceptors (Lipinski definition) is 6. The minimum absolute atomic E-state index is 0.544. The first-order valence-corrected chi connectivity index (χ1v) is 9.15. The molecular formula is C21H22N6O. The predicted molar refractivity (Wildman–Crippen MR) is 111 cm³/mol. The van der Waals surface area contributed by atoms with Crippen molar-refractivity contribution in [2.45, 2.75) is 6.92 Å². The third-order valence-corrected chi connectivity index (χ3v) is 4.45. The van der Waals surface area contributed by atoms with Crippen molar-refractivity contribution < 1.29 is 4.74 Å². The van der Waals surface area contributed by atoms with Gasteiger partial charge in [0.05, 0.1) is 5.69 Å². The number of ether oxygens (including phenoxy) is 1. The fraction of sp³-hybridized carbons (Fsp3) is 0.190. The smallest absolute Gasteiger partial charge is 0.227 e. The van der Waals surface area contributed by atoms with Crippen molar-refractivity contribution in [1.82, 2.24) is 25.3 Å². The molecule has 0 aliphatic heterocycles. The largest absolute Gasteiger partial charge is 0.492 e. The van der Waals surface area contributed by atoms with Crippen LogP contribution in [-0.2, 0) is 0 Å². The van der Waals surface area contributed by atoms with Crippen molar-refractivity contribution in [3.05, 3.63) is 60.6 Å². The zero-order valence-electron chi connectivity index (χ0n) is 15.9. The van der Waals surface area contributed by atoms with Gasteiger partial charge in [0.2, 0.25) is 5.95 Å². The molecule has 0 aliphatic carbocycles. The van der Waals surface area contributed by atoms with E-state index in [1.807, 2.05) is 56.6 Å². The molecule has 142 valence electrons. The highest BCUT2D eigenvalue weighted by Crippen LogP contribution is 2.28. The van der Waals surface area contributed by atoms with Crippen molar-refractivity contribution in [3.8, 4) is 17.0 Å². The van der Waals surface area contributed by atoms with Crippen molar-refractivity contribution in [2.24, 2.45) is 0 Å². The van der Waals surface area contributed by atoms with Crippen LogP contribution in [0.3, 0.4) is 0 Å². The number of H-pyrrole nitrogens is 1. The molecule has 4 aromatic rings. The Kier molecular flexibility index (Phi) is 5.16. The van der Waals surface area contributed by atoms with Gasteiger partial charge in [-0.1, -0.05) is 0 Å². The highest BCUT2D eigenvalue weighted by molar-refractivity contribution is 5.92. The molecule has 4 rings (SSSR count). The Labute approximate surface area is 163 Å². The number of benzene rings is 1. The minimum atomic E-state index is 0.544. The fourth-order valence-corrected chi connectivity index (χ4v) is 2.99. The van der Waals surface area contributed by atoms with Crippen LogP contribution in [0, 0.1) is 6.92 Å². The van der Waals surface area contributed by atoms with Gasteiger partial charge in [0, 0.05) is 41.8 Å². The van der Waals surface area contributed by atoms with E-state index in [0.717, 1.165) is 45.8 Å². The second-order valence-corrected chi connectivity index (χ2v) is 6.42. The van der Waals surface area contributed by atoms with Gasteiger partial charge in [-0.25, -0.2) is 15.0 Å². The summed E-state index contributed by atoms with van der Waals surface area (Å²) in [6.45, 7) is 3.47. The van der Waals surface area contributed by atoms with E-state index in [1.54, 1.807) is 12.4 Å². The Balaban J connectivity index is 1.55. The molecule has 7 heteroatoms. The molecule has 0 saturated heterocycles. The van der Waals surface area contributed by atoms with Gasteiger partial charge >= 0.3 is 0 Å². The number of nitrogens with one attached hydrogen (secondary N) is 3. The summed E-state index contributed by atoms with van der Waals surface area (Å²) >= 11 is 0. The van der Waals surface area contributed by atoms with Gasteiger partial charge in [0.15, 0.2) is 0 Å². The topological polar surface area (TPSA) is 87.8 Å². The average molecular weight is 374 g/mol. The zero-order chi connectivity index (χ0) is 19.3. The Bertz CT molecular complexity index is 1090. The average Bonchev–Trinajstić information content (AvgIpc) is 3.15. The van der Waals surface area contributed by atoms with Crippen LogP contribution < -0.4 is 15.4 Å². The maximum atomic E-state index is 5.71. The number of rotatable bonds is 7. The van der Waals surface area contributed by atoms with E-state index in [-0.39, 0.29) is 0 Å². The van der Waals surface area contributed by atoms with E-state index < -0.39 is 0 Å². The zero-order valence-corrected chi connectivity index (χ0v) is 15.9. The molecule has 0 aliphatic rings. The van der Waals surface area contributed by atoms with Crippen LogP contribution in [0.2, 0.25) is 0 Å². The van der Waals surface area contributed by atoms with Crippen LogP contribution in [0.25, 0.3) is 22.3 Å². The van der Waals surface area contributed by atoms with Crippen LogP contribution in [0.15, 0.2) is 55.0 Å². The molecule has 1 aromatic carbocycles. The molecule has 0 amide bonds. The van der Waals surface area contributed by atoms with Crippen LogP contribution in [0.4, 0.5) is 11.6 Å². The summed E-state index contributed by atoms with van der Waals surface area (Å²) in [6.07, 6.45) is 5.45. The van der Waals surface area contributed by atoms with Gasteiger partial charge in [-0.05, 0) is 55.9 Å². The SMILES string of the molecule is CNCCOc1ccc(Nc2nccc(-c3c[nH]c4ncccc34)n2)c(C)c1. The number of nitrogens with zero attached hydrogens (tertiary/aromatic N) is 3. The van der Waals surface area contributed by atoms with E-state index in [2.05, 4.69) is 30.6 Å². The van der Waals surface area contributed by atoms with Crippen molar-refractivity contribution in [1.29, 1.82) is 0 Å². The Morgan fingerprint density at radius 3 is 2.89 bits per heavy atom. The van der Waals surface area contributed by atoms with E-state index in [9.17, 15) is 0 Å². The van der Waals surface area contributed by atoms with Gasteiger partial charge in [-0.15, -0.1) is 0 Å². The Morgan fingerprint density at radius 2 is 2.04 bits per heavy atom. The lowest BCUT2D eigenvalue weighted by atomic mass is 10.1. The summed E-state index contributed by atoms with van der Waals surface area (Å²) in [5.41, 5.74) is 4.68. The van der Waals surface area contributed by atoms with Gasteiger partial charge in [-0.2, -0.15) is 0 Å². The number of anilines is 2. The molecule has 0 bridgehead atoms. The molecule has 3 aromatic heterocycles. The maximum absolute atomic E-state index is 5.71. The normalized spacial score (nSPS) is 10.9. The van der Waals surface area contributed by atoms with Crippen molar-refractivity contribution in [2.75, 3.05) is 25.5 Å². The number of aromatic nitrogens is 4. The van der Waals surface area contributed by atoms with Crippen LogP contribution in [0.1, 0.15) is 5.56 Å². The first kappa shape index (κ1) is 17.9. The van der Waals surface area contributed by atoms with E-state index >= 15 is 0 Å². The third-order valence-electron chi connectivity index (χ3n) is 4.45. The molecule has 3 heterocycles. The summed E-state index contributed by atoms with van der Waals surface area (Å²) in [4.78, 5) is 16.6. The van der Waals surface area contributed by atoms with Gasteiger partial charge in [0.25, 0.3) is 0 Å². The number of pyridine rings is 1. The lowest BCUT2D eigenvalue weighted by molar-refractivity contribution is 0.318. The molecule has 0 fully saturated rings.